The summed E-state index contributed by atoms with van der Waals surface area (Å²) in [6, 6.07) is 1.91. The fourth-order valence-electron chi connectivity index (χ4n) is 3.25. The number of carbonyl (C=O) groups is 3. The highest BCUT2D eigenvalue weighted by molar-refractivity contribution is 6.06. The van der Waals surface area contributed by atoms with E-state index in [1.807, 2.05) is 26.8 Å². The van der Waals surface area contributed by atoms with Crippen molar-refractivity contribution in [2.75, 3.05) is 24.4 Å². The first-order valence-corrected chi connectivity index (χ1v) is 8.66. The van der Waals surface area contributed by atoms with Gasteiger partial charge in [-0.3, -0.25) is 4.79 Å². The van der Waals surface area contributed by atoms with Crippen LogP contribution in [0.1, 0.15) is 23.6 Å². The molecule has 1 aromatic rings. The van der Waals surface area contributed by atoms with Gasteiger partial charge in [0.25, 0.3) is 0 Å². The van der Waals surface area contributed by atoms with Crippen molar-refractivity contribution in [3.63, 3.8) is 0 Å². The number of hydrogen-bond donors (Lipinski definition) is 1. The first-order chi connectivity index (χ1) is 13.2. The molecule has 0 unspecified atom stereocenters. The molecular weight excluding hydrogens is 360 g/mol. The first-order valence-electron chi connectivity index (χ1n) is 8.66. The van der Waals surface area contributed by atoms with Gasteiger partial charge in [-0.1, -0.05) is 12.1 Å². The molecule has 0 saturated heterocycles. The maximum Gasteiger partial charge on any atom is 0.355 e. The van der Waals surface area contributed by atoms with Gasteiger partial charge in [-0.2, -0.15) is 0 Å². The number of rotatable bonds is 4. The fraction of sp³-hybridized carbons (Fsp3) is 0.286. The Balaban J connectivity index is 2.82. The van der Waals surface area contributed by atoms with E-state index < -0.39 is 11.9 Å². The van der Waals surface area contributed by atoms with Crippen LogP contribution in [-0.4, -0.2) is 32.1 Å². The largest absolute Gasteiger partial charge is 0.465 e. The Morgan fingerprint density at radius 1 is 0.964 bits per heavy atom. The van der Waals surface area contributed by atoms with Gasteiger partial charge in [-0.05, 0) is 49.6 Å². The summed E-state index contributed by atoms with van der Waals surface area (Å²) in [5.41, 5.74) is 3.93. The van der Waals surface area contributed by atoms with Crippen LogP contribution in [0.2, 0.25) is 0 Å². The summed E-state index contributed by atoms with van der Waals surface area (Å²) >= 11 is 0. The summed E-state index contributed by atoms with van der Waals surface area (Å²) < 4.78 is 9.78. The zero-order valence-corrected chi connectivity index (χ0v) is 16.9. The van der Waals surface area contributed by atoms with Gasteiger partial charge in [0, 0.05) is 18.8 Å². The van der Waals surface area contributed by atoms with Crippen molar-refractivity contribution < 1.29 is 23.9 Å². The highest BCUT2D eigenvalue weighted by Gasteiger charge is 2.29. The van der Waals surface area contributed by atoms with E-state index in [0.29, 0.717) is 11.4 Å². The second-order valence-electron chi connectivity index (χ2n) is 6.36. The number of nitrogens with zero attached hydrogens (tertiary/aromatic N) is 1. The Morgan fingerprint density at radius 3 is 2.18 bits per heavy atom. The topological polar surface area (TPSA) is 84.9 Å². The Labute approximate surface area is 164 Å². The lowest BCUT2D eigenvalue weighted by molar-refractivity contribution is -0.139. The number of methoxy groups -OCH3 is 2. The second-order valence-corrected chi connectivity index (χ2v) is 6.36. The van der Waals surface area contributed by atoms with Gasteiger partial charge in [-0.25, -0.2) is 9.59 Å². The molecule has 0 aromatic heterocycles. The molecule has 1 amide bonds. The van der Waals surface area contributed by atoms with Crippen LogP contribution in [-0.2, 0) is 23.9 Å². The minimum absolute atomic E-state index is 0.0307. The Morgan fingerprint density at radius 2 is 1.61 bits per heavy atom. The molecule has 148 valence electrons. The van der Waals surface area contributed by atoms with Gasteiger partial charge in [0.15, 0.2) is 0 Å². The number of hydrogen-bond acceptors (Lipinski definition) is 6. The maximum atomic E-state index is 12.6. The number of nitrogens with one attached hydrogen (secondary N) is 1. The van der Waals surface area contributed by atoms with Crippen molar-refractivity contribution in [1.82, 2.24) is 0 Å². The summed E-state index contributed by atoms with van der Waals surface area (Å²) in [6.07, 6.45) is 6.52. The highest BCUT2D eigenvalue weighted by Crippen LogP contribution is 2.37. The van der Waals surface area contributed by atoms with Crippen LogP contribution in [0, 0.1) is 20.8 Å². The normalized spacial score (nSPS) is 13.3. The van der Waals surface area contributed by atoms with E-state index in [1.165, 1.54) is 27.2 Å². The lowest BCUT2D eigenvalue weighted by Gasteiger charge is -2.28. The number of carbonyl (C=O) groups excluding carboxylic acids is 3. The Bertz CT molecular complexity index is 925. The van der Waals surface area contributed by atoms with E-state index >= 15 is 0 Å². The van der Waals surface area contributed by atoms with Crippen molar-refractivity contribution in [3.05, 3.63) is 58.5 Å². The molecule has 0 spiro atoms. The molecule has 0 fully saturated rings. The lowest BCUT2D eigenvalue weighted by atomic mass is 10.00. The van der Waals surface area contributed by atoms with Crippen LogP contribution in [0.4, 0.5) is 11.4 Å². The summed E-state index contributed by atoms with van der Waals surface area (Å²) in [6.45, 7) is 7.07. The molecule has 1 heterocycles. The van der Waals surface area contributed by atoms with Crippen LogP contribution >= 0.6 is 0 Å². The zero-order chi connectivity index (χ0) is 21.0. The number of esters is 2. The van der Waals surface area contributed by atoms with E-state index in [9.17, 15) is 14.4 Å². The molecule has 0 saturated carbocycles. The average Bonchev–Trinajstić information content (AvgIpc) is 2.86. The average molecular weight is 384 g/mol. The molecule has 1 aliphatic heterocycles. The number of amides is 1. The SMILES string of the molecule is COC(=O)C1=C(C(=O)OC)N(c2c(C)cc(C)c(NC(C)=O)c2C)C=CC=C1. The van der Waals surface area contributed by atoms with Gasteiger partial charge in [0.2, 0.25) is 5.91 Å². The molecule has 0 atom stereocenters. The molecule has 28 heavy (non-hydrogen) atoms. The van der Waals surface area contributed by atoms with E-state index in [-0.39, 0.29) is 17.2 Å². The minimum atomic E-state index is -0.683. The third-order valence-corrected chi connectivity index (χ3v) is 4.36. The fourth-order valence-corrected chi connectivity index (χ4v) is 3.25. The first kappa shape index (κ1) is 21.0. The van der Waals surface area contributed by atoms with Crippen molar-refractivity contribution >= 4 is 29.2 Å². The van der Waals surface area contributed by atoms with Gasteiger partial charge in [0.05, 0.1) is 25.5 Å². The number of allylic oxidation sites excluding steroid dienone is 2. The number of anilines is 2. The Kier molecular flexibility index (Phi) is 6.41. The van der Waals surface area contributed by atoms with Gasteiger partial charge >= 0.3 is 11.9 Å². The van der Waals surface area contributed by atoms with Crippen LogP contribution in [0.5, 0.6) is 0 Å². The molecule has 7 heteroatoms. The third kappa shape index (κ3) is 3.98. The quantitative estimate of drug-likeness (QED) is 0.803. The predicted molar refractivity (Wildman–Crippen MR) is 107 cm³/mol. The maximum absolute atomic E-state index is 12.6. The molecule has 7 nitrogen and oxygen atoms in total. The molecule has 1 N–H and O–H groups in total. The lowest BCUT2D eigenvalue weighted by Crippen LogP contribution is -2.28. The van der Waals surface area contributed by atoms with Crippen molar-refractivity contribution in [2.45, 2.75) is 27.7 Å². The standard InChI is InChI=1S/C21H24N2O5/c1-12-11-13(2)18(14(3)17(12)22-15(4)24)23-10-8-7-9-16(20(25)27-5)19(23)21(26)28-6/h7-11H,1-6H3,(H,22,24). The van der Waals surface area contributed by atoms with Gasteiger partial charge < -0.3 is 19.7 Å². The molecule has 0 bridgehead atoms. The predicted octanol–water partition coefficient (Wildman–Crippen LogP) is 3.06. The molecule has 2 rings (SSSR count). The number of ether oxygens (including phenoxy) is 2. The number of aryl methyl sites for hydroxylation is 2. The van der Waals surface area contributed by atoms with Crippen LogP contribution in [0.25, 0.3) is 0 Å². The summed E-state index contributed by atoms with van der Waals surface area (Å²) in [7, 11) is 2.50. The Hall–Kier alpha value is -3.35. The van der Waals surface area contributed by atoms with Crippen molar-refractivity contribution in [1.29, 1.82) is 0 Å². The summed E-state index contributed by atoms with van der Waals surface area (Å²) in [5.74, 6) is -1.54. The summed E-state index contributed by atoms with van der Waals surface area (Å²) in [4.78, 5) is 38.2. The molecule has 1 aromatic carbocycles. The summed E-state index contributed by atoms with van der Waals surface area (Å²) in [5, 5.41) is 2.84. The van der Waals surface area contributed by atoms with Crippen LogP contribution < -0.4 is 10.2 Å². The number of benzene rings is 1. The van der Waals surface area contributed by atoms with Crippen molar-refractivity contribution in [3.8, 4) is 0 Å². The van der Waals surface area contributed by atoms with Gasteiger partial charge in [0.1, 0.15) is 5.70 Å². The monoisotopic (exact) mass is 384 g/mol. The molecule has 0 radical (unpaired) electrons. The molecule has 0 aliphatic carbocycles. The minimum Gasteiger partial charge on any atom is -0.465 e. The van der Waals surface area contributed by atoms with Gasteiger partial charge in [-0.15, -0.1) is 0 Å². The third-order valence-electron chi connectivity index (χ3n) is 4.36. The van der Waals surface area contributed by atoms with E-state index in [2.05, 4.69) is 5.32 Å². The molecular formula is C21H24N2O5. The van der Waals surface area contributed by atoms with Crippen LogP contribution in [0.15, 0.2) is 41.8 Å². The smallest absolute Gasteiger partial charge is 0.355 e. The zero-order valence-electron chi connectivity index (χ0n) is 16.9. The highest BCUT2D eigenvalue weighted by atomic mass is 16.5. The second kappa shape index (κ2) is 8.56. The van der Waals surface area contributed by atoms with E-state index in [4.69, 9.17) is 9.47 Å². The van der Waals surface area contributed by atoms with E-state index in [1.54, 1.807) is 23.3 Å². The van der Waals surface area contributed by atoms with Crippen LogP contribution in [0.3, 0.4) is 0 Å². The van der Waals surface area contributed by atoms with Crippen molar-refractivity contribution in [2.24, 2.45) is 0 Å². The molecule has 1 aliphatic rings. The van der Waals surface area contributed by atoms with E-state index in [0.717, 1.165) is 16.7 Å².